The number of aryl methyl sites for hydroxylation is 1. The number of nitrogens with one attached hydrogen (secondary N) is 1. The van der Waals surface area contributed by atoms with Crippen molar-refractivity contribution in [1.29, 1.82) is 0 Å². The Labute approximate surface area is 158 Å². The number of carbonyl (C=O) groups excluding carboxylic acids is 1. The van der Waals surface area contributed by atoms with Crippen molar-refractivity contribution in [3.8, 4) is 11.5 Å². The second-order valence-electron chi connectivity index (χ2n) is 7.90. The third-order valence-electron chi connectivity index (χ3n) is 5.16. The van der Waals surface area contributed by atoms with Gasteiger partial charge in [-0.1, -0.05) is 19.9 Å². The van der Waals surface area contributed by atoms with Crippen molar-refractivity contribution in [2.24, 2.45) is 5.41 Å². The highest BCUT2D eigenvalue weighted by Gasteiger charge is 2.41. The molecular weight excluding hydrogens is 344 g/mol. The van der Waals surface area contributed by atoms with Crippen LogP contribution in [0.15, 0.2) is 29.5 Å². The first kappa shape index (κ1) is 17.6. The number of methoxy groups -OCH3 is 2. The van der Waals surface area contributed by atoms with Gasteiger partial charge in [0.2, 0.25) is 5.95 Å². The molecule has 2 aliphatic rings. The summed E-state index contributed by atoms with van der Waals surface area (Å²) in [5.41, 5.74) is 2.54. The lowest BCUT2D eigenvalue weighted by atomic mass is 9.73. The minimum atomic E-state index is -0.333. The fourth-order valence-corrected chi connectivity index (χ4v) is 4.05. The molecule has 4 rings (SSSR count). The quantitative estimate of drug-likeness (QED) is 0.896. The largest absolute Gasteiger partial charge is 0.493 e. The number of hydrogen-bond acceptors (Lipinski definition) is 6. The summed E-state index contributed by atoms with van der Waals surface area (Å²) in [6.07, 6.45) is 1.31. The van der Waals surface area contributed by atoms with Crippen LogP contribution in [-0.2, 0) is 4.79 Å². The third-order valence-corrected chi connectivity index (χ3v) is 5.16. The number of ether oxygens (including phenoxy) is 2. The minimum Gasteiger partial charge on any atom is -0.493 e. The molecule has 0 amide bonds. The topological polar surface area (TPSA) is 78.3 Å². The van der Waals surface area contributed by atoms with Crippen LogP contribution in [0.4, 0.5) is 5.95 Å². The van der Waals surface area contributed by atoms with Crippen molar-refractivity contribution in [1.82, 2.24) is 14.8 Å². The molecule has 1 aromatic heterocycles. The van der Waals surface area contributed by atoms with Crippen molar-refractivity contribution in [2.45, 2.75) is 39.7 Å². The van der Waals surface area contributed by atoms with Gasteiger partial charge in [-0.05, 0) is 36.5 Å². The fourth-order valence-electron chi connectivity index (χ4n) is 4.05. The van der Waals surface area contributed by atoms with E-state index < -0.39 is 0 Å². The molecule has 27 heavy (non-hydrogen) atoms. The molecule has 0 bridgehead atoms. The molecule has 0 saturated carbocycles. The Morgan fingerprint density at radius 1 is 1.19 bits per heavy atom. The number of ketones is 1. The smallest absolute Gasteiger partial charge is 0.226 e. The predicted octanol–water partition coefficient (Wildman–Crippen LogP) is 3.26. The Morgan fingerprint density at radius 3 is 2.63 bits per heavy atom. The van der Waals surface area contributed by atoms with E-state index in [4.69, 9.17) is 9.47 Å². The van der Waals surface area contributed by atoms with Crippen LogP contribution < -0.4 is 14.8 Å². The second-order valence-corrected chi connectivity index (χ2v) is 7.90. The van der Waals surface area contributed by atoms with Gasteiger partial charge < -0.3 is 14.8 Å². The molecule has 0 spiro atoms. The summed E-state index contributed by atoms with van der Waals surface area (Å²) in [5.74, 6) is 2.74. The van der Waals surface area contributed by atoms with Gasteiger partial charge >= 0.3 is 0 Å². The lowest BCUT2D eigenvalue weighted by Crippen LogP contribution is -2.36. The van der Waals surface area contributed by atoms with Gasteiger partial charge in [0.05, 0.1) is 14.2 Å². The predicted molar refractivity (Wildman–Crippen MR) is 101 cm³/mol. The van der Waals surface area contributed by atoms with Crippen molar-refractivity contribution in [3.63, 3.8) is 0 Å². The number of Topliss-reactive ketones (excluding diaryl/α,β-unsaturated/α-hetero) is 1. The number of anilines is 1. The number of nitrogens with zero attached hydrogens (tertiary/aromatic N) is 3. The molecule has 1 atom stereocenters. The summed E-state index contributed by atoms with van der Waals surface area (Å²) < 4.78 is 12.6. The first-order valence-corrected chi connectivity index (χ1v) is 9.01. The molecule has 0 radical (unpaired) electrons. The van der Waals surface area contributed by atoms with E-state index in [1.807, 2.05) is 25.1 Å². The average molecular weight is 368 g/mol. The number of carbonyl (C=O) groups is 1. The van der Waals surface area contributed by atoms with E-state index in [1.165, 1.54) is 0 Å². The lowest BCUT2D eigenvalue weighted by molar-refractivity contribution is -0.118. The Bertz CT molecular complexity index is 958. The van der Waals surface area contributed by atoms with Gasteiger partial charge in [0, 0.05) is 17.7 Å². The summed E-state index contributed by atoms with van der Waals surface area (Å²) in [4.78, 5) is 17.6. The van der Waals surface area contributed by atoms with Gasteiger partial charge in [-0.3, -0.25) is 4.79 Å². The first-order chi connectivity index (χ1) is 12.8. The van der Waals surface area contributed by atoms with Crippen molar-refractivity contribution in [3.05, 3.63) is 40.9 Å². The van der Waals surface area contributed by atoms with Crippen LogP contribution in [0.3, 0.4) is 0 Å². The van der Waals surface area contributed by atoms with E-state index in [0.717, 1.165) is 23.3 Å². The van der Waals surface area contributed by atoms with E-state index in [9.17, 15) is 4.79 Å². The highest BCUT2D eigenvalue weighted by molar-refractivity contribution is 6.00. The second kappa shape index (κ2) is 6.11. The minimum absolute atomic E-state index is 0.0811. The summed E-state index contributed by atoms with van der Waals surface area (Å²) in [7, 11) is 3.21. The zero-order valence-electron chi connectivity index (χ0n) is 16.3. The molecule has 1 N–H and O–H groups in total. The molecule has 0 saturated heterocycles. The Hall–Kier alpha value is -2.83. The molecule has 2 aromatic rings. The standard InChI is InChI=1S/C20H24N4O3/c1-11-21-19-22-13-9-20(2,3)10-14(25)17(13)18(24(19)23-11)12-6-7-15(26-4)16(8-12)27-5/h6-8,18H,9-10H2,1-5H3,(H,21,22,23)/t18-/m1/s1. The molecule has 2 heterocycles. The van der Waals surface area contributed by atoms with Crippen LogP contribution in [0.5, 0.6) is 11.5 Å². The molecule has 0 unspecified atom stereocenters. The highest BCUT2D eigenvalue weighted by Crippen LogP contribution is 2.46. The zero-order valence-corrected chi connectivity index (χ0v) is 16.3. The van der Waals surface area contributed by atoms with Crippen LogP contribution in [0.25, 0.3) is 0 Å². The normalized spacial score (nSPS) is 20.6. The molecular formula is C20H24N4O3. The van der Waals surface area contributed by atoms with Crippen molar-refractivity contribution >= 4 is 11.7 Å². The summed E-state index contributed by atoms with van der Waals surface area (Å²) in [6, 6.07) is 5.39. The SMILES string of the molecule is COc1ccc([C@@H]2C3=C(CC(C)(C)CC3=O)Nc3nc(C)nn32)cc1OC. The van der Waals surface area contributed by atoms with Crippen LogP contribution >= 0.6 is 0 Å². The first-order valence-electron chi connectivity index (χ1n) is 9.01. The number of benzene rings is 1. The van der Waals surface area contributed by atoms with Gasteiger partial charge in [-0.2, -0.15) is 10.1 Å². The molecule has 1 aliphatic heterocycles. The van der Waals surface area contributed by atoms with E-state index in [0.29, 0.717) is 29.7 Å². The summed E-state index contributed by atoms with van der Waals surface area (Å²) in [6.45, 7) is 6.09. The number of hydrogen-bond donors (Lipinski definition) is 1. The van der Waals surface area contributed by atoms with Gasteiger partial charge in [0.25, 0.3) is 0 Å². The van der Waals surface area contributed by atoms with Crippen molar-refractivity contribution < 1.29 is 14.3 Å². The molecule has 142 valence electrons. The molecule has 7 heteroatoms. The third kappa shape index (κ3) is 2.87. The molecule has 7 nitrogen and oxygen atoms in total. The maximum absolute atomic E-state index is 13.1. The van der Waals surface area contributed by atoms with Gasteiger partial charge in [0.1, 0.15) is 11.9 Å². The zero-order chi connectivity index (χ0) is 19.3. The Morgan fingerprint density at radius 2 is 1.93 bits per heavy atom. The van der Waals surface area contributed by atoms with Crippen molar-refractivity contribution in [2.75, 3.05) is 19.5 Å². The number of aromatic nitrogens is 3. The monoisotopic (exact) mass is 368 g/mol. The lowest BCUT2D eigenvalue weighted by Gasteiger charge is -2.38. The van der Waals surface area contributed by atoms with Gasteiger partial charge in [-0.25, -0.2) is 4.68 Å². The maximum atomic E-state index is 13.1. The maximum Gasteiger partial charge on any atom is 0.226 e. The average Bonchev–Trinajstić information content (AvgIpc) is 2.97. The summed E-state index contributed by atoms with van der Waals surface area (Å²) in [5, 5.41) is 7.90. The van der Waals surface area contributed by atoms with E-state index >= 15 is 0 Å². The Balaban J connectivity index is 1.91. The highest BCUT2D eigenvalue weighted by atomic mass is 16.5. The van der Waals surface area contributed by atoms with Gasteiger partial charge in [0.15, 0.2) is 17.3 Å². The Kier molecular flexibility index (Phi) is 3.98. The molecule has 0 fully saturated rings. The van der Waals surface area contributed by atoms with Gasteiger partial charge in [-0.15, -0.1) is 0 Å². The number of rotatable bonds is 3. The summed E-state index contributed by atoms with van der Waals surface area (Å²) >= 11 is 0. The van der Waals surface area contributed by atoms with Crippen LogP contribution in [0, 0.1) is 12.3 Å². The van der Waals surface area contributed by atoms with Crippen LogP contribution in [0.1, 0.15) is 44.1 Å². The number of fused-ring (bicyclic) bond motifs is 1. The molecule has 1 aliphatic carbocycles. The van der Waals surface area contributed by atoms with Crippen LogP contribution in [0.2, 0.25) is 0 Å². The van der Waals surface area contributed by atoms with Crippen LogP contribution in [-0.4, -0.2) is 34.8 Å². The number of allylic oxidation sites excluding steroid dienone is 2. The van der Waals surface area contributed by atoms with E-state index in [2.05, 4.69) is 29.2 Å². The van der Waals surface area contributed by atoms with E-state index in [1.54, 1.807) is 18.9 Å². The molecule has 1 aromatic carbocycles. The fraction of sp³-hybridized carbons (Fsp3) is 0.450. The van der Waals surface area contributed by atoms with E-state index in [-0.39, 0.29) is 17.2 Å².